The molecule has 2 aromatic carbocycles. The van der Waals surface area contributed by atoms with E-state index in [0.29, 0.717) is 5.56 Å². The van der Waals surface area contributed by atoms with Gasteiger partial charge in [0, 0.05) is 16.7 Å². The number of anilines is 1. The lowest BCUT2D eigenvalue weighted by Crippen LogP contribution is -2.00. The van der Waals surface area contributed by atoms with Crippen molar-refractivity contribution in [1.82, 2.24) is 0 Å². The first-order valence-corrected chi connectivity index (χ1v) is 6.89. The minimum atomic E-state index is 0.697. The largest absolute Gasteiger partial charge is 0.381 e. The van der Waals surface area contributed by atoms with Crippen molar-refractivity contribution in [1.29, 1.82) is 5.26 Å². The molecule has 0 radical (unpaired) electrons. The van der Waals surface area contributed by atoms with Crippen LogP contribution in [0.1, 0.15) is 22.3 Å². The molecule has 0 aliphatic rings. The van der Waals surface area contributed by atoms with Gasteiger partial charge in [0.25, 0.3) is 0 Å². The van der Waals surface area contributed by atoms with Crippen molar-refractivity contribution in [2.75, 3.05) is 5.32 Å². The SMILES string of the molecule is Cc1cc(NCc2cccc(C#N)c2)cc(C)c1Br. The van der Waals surface area contributed by atoms with Crippen LogP contribution in [0.5, 0.6) is 0 Å². The number of nitrogens with zero attached hydrogens (tertiary/aromatic N) is 1. The summed E-state index contributed by atoms with van der Waals surface area (Å²) in [5, 5.41) is 12.3. The summed E-state index contributed by atoms with van der Waals surface area (Å²) in [7, 11) is 0. The zero-order valence-electron chi connectivity index (χ0n) is 11.0. The Hall–Kier alpha value is -1.79. The minimum absolute atomic E-state index is 0.697. The molecule has 0 amide bonds. The lowest BCUT2D eigenvalue weighted by Gasteiger charge is -2.11. The van der Waals surface area contributed by atoms with Gasteiger partial charge in [0.2, 0.25) is 0 Å². The lowest BCUT2D eigenvalue weighted by atomic mass is 10.1. The number of hydrogen-bond acceptors (Lipinski definition) is 2. The summed E-state index contributed by atoms with van der Waals surface area (Å²) in [5.74, 6) is 0. The Morgan fingerprint density at radius 1 is 1.16 bits per heavy atom. The van der Waals surface area contributed by atoms with Crippen LogP contribution in [0.15, 0.2) is 40.9 Å². The molecule has 0 atom stereocenters. The Balaban J connectivity index is 2.12. The molecule has 2 rings (SSSR count). The van der Waals surface area contributed by atoms with E-state index in [1.165, 1.54) is 11.1 Å². The van der Waals surface area contributed by atoms with Crippen molar-refractivity contribution in [2.24, 2.45) is 0 Å². The van der Waals surface area contributed by atoms with Gasteiger partial charge in [0.15, 0.2) is 0 Å². The van der Waals surface area contributed by atoms with Crippen LogP contribution in [0.4, 0.5) is 5.69 Å². The summed E-state index contributed by atoms with van der Waals surface area (Å²) >= 11 is 3.56. The van der Waals surface area contributed by atoms with Gasteiger partial charge in [0.1, 0.15) is 0 Å². The maximum atomic E-state index is 8.87. The topological polar surface area (TPSA) is 35.8 Å². The van der Waals surface area contributed by atoms with Crippen molar-refractivity contribution in [2.45, 2.75) is 20.4 Å². The number of hydrogen-bond donors (Lipinski definition) is 1. The fourth-order valence-electron chi connectivity index (χ4n) is 2.00. The first kappa shape index (κ1) is 13.6. The van der Waals surface area contributed by atoms with Crippen molar-refractivity contribution < 1.29 is 0 Å². The van der Waals surface area contributed by atoms with Crippen molar-refractivity contribution >= 4 is 21.6 Å². The summed E-state index contributed by atoms with van der Waals surface area (Å²) < 4.78 is 1.16. The highest BCUT2D eigenvalue weighted by Crippen LogP contribution is 2.25. The van der Waals surface area contributed by atoms with E-state index in [4.69, 9.17) is 5.26 Å². The van der Waals surface area contributed by atoms with E-state index in [9.17, 15) is 0 Å². The Labute approximate surface area is 122 Å². The second kappa shape index (κ2) is 5.90. The lowest BCUT2D eigenvalue weighted by molar-refractivity contribution is 1.14. The first-order valence-electron chi connectivity index (χ1n) is 6.10. The van der Waals surface area contributed by atoms with Crippen LogP contribution in [-0.4, -0.2) is 0 Å². The number of halogens is 1. The van der Waals surface area contributed by atoms with E-state index in [1.54, 1.807) is 0 Å². The van der Waals surface area contributed by atoms with Crippen LogP contribution >= 0.6 is 15.9 Å². The summed E-state index contributed by atoms with van der Waals surface area (Å²) in [6.07, 6.45) is 0. The molecule has 0 aliphatic heterocycles. The van der Waals surface area contributed by atoms with E-state index >= 15 is 0 Å². The Morgan fingerprint density at radius 2 is 1.84 bits per heavy atom. The molecule has 2 aromatic rings. The van der Waals surface area contributed by atoms with E-state index in [1.807, 2.05) is 24.3 Å². The van der Waals surface area contributed by atoms with Crippen LogP contribution in [0.2, 0.25) is 0 Å². The molecule has 0 bridgehead atoms. The van der Waals surface area contributed by atoms with E-state index in [-0.39, 0.29) is 0 Å². The first-order chi connectivity index (χ1) is 9.10. The summed E-state index contributed by atoms with van der Waals surface area (Å²) in [5.41, 5.74) is 5.34. The Morgan fingerprint density at radius 3 is 2.47 bits per heavy atom. The fraction of sp³-hybridized carbons (Fsp3) is 0.188. The molecule has 2 nitrogen and oxygen atoms in total. The van der Waals surface area contributed by atoms with Gasteiger partial charge < -0.3 is 5.32 Å². The number of benzene rings is 2. The predicted octanol–water partition coefficient (Wildman–Crippen LogP) is 4.55. The summed E-state index contributed by atoms with van der Waals surface area (Å²) in [4.78, 5) is 0. The minimum Gasteiger partial charge on any atom is -0.381 e. The smallest absolute Gasteiger partial charge is 0.0991 e. The van der Waals surface area contributed by atoms with Crippen molar-refractivity contribution in [3.63, 3.8) is 0 Å². The summed E-state index contributed by atoms with van der Waals surface area (Å²) in [6.45, 7) is 4.88. The molecule has 0 heterocycles. The molecule has 19 heavy (non-hydrogen) atoms. The van der Waals surface area contributed by atoms with Gasteiger partial charge in [0.05, 0.1) is 11.6 Å². The van der Waals surface area contributed by atoms with Gasteiger partial charge >= 0.3 is 0 Å². The number of nitrogens with one attached hydrogen (secondary N) is 1. The van der Waals surface area contributed by atoms with Crippen molar-refractivity contribution in [3.05, 3.63) is 63.1 Å². The van der Waals surface area contributed by atoms with Gasteiger partial charge in [-0.2, -0.15) is 5.26 Å². The number of nitriles is 1. The van der Waals surface area contributed by atoms with E-state index < -0.39 is 0 Å². The highest BCUT2D eigenvalue weighted by molar-refractivity contribution is 9.10. The second-order valence-electron chi connectivity index (χ2n) is 4.59. The molecule has 0 fully saturated rings. The molecular formula is C16H15BrN2. The van der Waals surface area contributed by atoms with Crippen molar-refractivity contribution in [3.8, 4) is 6.07 Å². The maximum Gasteiger partial charge on any atom is 0.0991 e. The van der Waals surface area contributed by atoms with Crippen LogP contribution in [0.3, 0.4) is 0 Å². The highest BCUT2D eigenvalue weighted by Gasteiger charge is 2.02. The zero-order chi connectivity index (χ0) is 13.8. The standard InChI is InChI=1S/C16H15BrN2/c1-11-6-15(7-12(2)16(11)17)19-10-14-5-3-4-13(8-14)9-18/h3-8,19H,10H2,1-2H3. The van der Waals surface area contributed by atoms with Gasteiger partial charge in [-0.1, -0.05) is 28.1 Å². The molecule has 0 saturated carbocycles. The molecular weight excluding hydrogens is 300 g/mol. The van der Waals surface area contributed by atoms with Gasteiger partial charge in [-0.3, -0.25) is 0 Å². The normalized spacial score (nSPS) is 10.0. The molecule has 0 unspecified atom stereocenters. The van der Waals surface area contributed by atoms with Crippen LogP contribution in [0, 0.1) is 25.2 Å². The third kappa shape index (κ3) is 3.36. The molecule has 0 aromatic heterocycles. The van der Waals surface area contributed by atoms with E-state index in [2.05, 4.69) is 53.3 Å². The van der Waals surface area contributed by atoms with Crippen LogP contribution in [0.25, 0.3) is 0 Å². The molecule has 1 N–H and O–H groups in total. The molecule has 3 heteroatoms. The highest BCUT2D eigenvalue weighted by atomic mass is 79.9. The second-order valence-corrected chi connectivity index (χ2v) is 5.38. The molecule has 96 valence electrons. The van der Waals surface area contributed by atoms with Crippen LogP contribution < -0.4 is 5.32 Å². The average molecular weight is 315 g/mol. The third-order valence-electron chi connectivity index (χ3n) is 2.99. The van der Waals surface area contributed by atoms with Gasteiger partial charge in [-0.25, -0.2) is 0 Å². The molecule has 0 saturated heterocycles. The Kier molecular flexibility index (Phi) is 4.24. The summed E-state index contributed by atoms with van der Waals surface area (Å²) in [6, 6.07) is 14.0. The monoisotopic (exact) mass is 314 g/mol. The fourth-order valence-corrected chi connectivity index (χ4v) is 2.23. The van der Waals surface area contributed by atoms with Gasteiger partial charge in [-0.15, -0.1) is 0 Å². The number of aryl methyl sites for hydroxylation is 2. The Bertz CT molecular complexity index is 618. The number of rotatable bonds is 3. The quantitative estimate of drug-likeness (QED) is 0.902. The van der Waals surface area contributed by atoms with E-state index in [0.717, 1.165) is 22.3 Å². The third-order valence-corrected chi connectivity index (χ3v) is 4.24. The maximum absolute atomic E-state index is 8.87. The van der Waals surface area contributed by atoms with Gasteiger partial charge in [-0.05, 0) is 54.8 Å². The molecule has 0 spiro atoms. The zero-order valence-corrected chi connectivity index (χ0v) is 12.6. The van der Waals surface area contributed by atoms with Crippen LogP contribution in [-0.2, 0) is 6.54 Å². The predicted molar refractivity (Wildman–Crippen MR) is 82.1 cm³/mol. The molecule has 0 aliphatic carbocycles. The average Bonchev–Trinajstić information content (AvgIpc) is 2.42.